The van der Waals surface area contributed by atoms with E-state index in [4.69, 9.17) is 8.83 Å². The van der Waals surface area contributed by atoms with Crippen molar-refractivity contribution in [3.63, 3.8) is 0 Å². The van der Waals surface area contributed by atoms with Gasteiger partial charge < -0.3 is 19.1 Å². The fraction of sp³-hybridized carbons (Fsp3) is 0.556. The largest absolute Gasteiger partial charge is 0.459 e. The minimum absolute atomic E-state index is 0.129. The van der Waals surface area contributed by atoms with Crippen molar-refractivity contribution in [2.45, 2.75) is 45.2 Å². The third-order valence-corrected chi connectivity index (χ3v) is 4.64. The Kier molecular flexibility index (Phi) is 5.38. The number of amides is 1. The summed E-state index contributed by atoms with van der Waals surface area (Å²) >= 11 is 0. The maximum absolute atomic E-state index is 12.5. The molecule has 8 heteroatoms. The Balaban J connectivity index is 1.60. The molecule has 3 rings (SSSR count). The van der Waals surface area contributed by atoms with Crippen LogP contribution in [0.3, 0.4) is 0 Å². The average molecular weight is 358 g/mol. The van der Waals surface area contributed by atoms with Crippen LogP contribution in [0.4, 0.5) is 0 Å². The molecule has 138 valence electrons. The van der Waals surface area contributed by atoms with Crippen molar-refractivity contribution in [3.8, 4) is 17.7 Å². The van der Waals surface area contributed by atoms with E-state index in [1.165, 1.54) is 0 Å². The number of furan rings is 1. The molecule has 1 aliphatic rings. The number of quaternary nitrogens is 1. The van der Waals surface area contributed by atoms with Gasteiger partial charge in [-0.05, 0) is 44.2 Å². The predicted octanol–water partition coefficient (Wildman–Crippen LogP) is 0.933. The lowest BCUT2D eigenvalue weighted by Crippen LogP contribution is -3.12. The highest BCUT2D eigenvalue weighted by Gasteiger charge is 2.43. The van der Waals surface area contributed by atoms with E-state index >= 15 is 0 Å². The summed E-state index contributed by atoms with van der Waals surface area (Å²) in [6.07, 6.45) is 4.45. The Morgan fingerprint density at radius 2 is 2.31 bits per heavy atom. The minimum atomic E-state index is -0.772. The lowest BCUT2D eigenvalue weighted by atomic mass is 9.98. The molecule has 26 heavy (non-hydrogen) atoms. The second kappa shape index (κ2) is 7.70. The summed E-state index contributed by atoms with van der Waals surface area (Å²) in [5.41, 5.74) is -0.772. The van der Waals surface area contributed by atoms with Gasteiger partial charge in [0.15, 0.2) is 18.8 Å². The molecule has 2 aromatic heterocycles. The van der Waals surface area contributed by atoms with E-state index in [9.17, 15) is 10.1 Å². The van der Waals surface area contributed by atoms with Gasteiger partial charge in [-0.25, -0.2) is 0 Å². The molecule has 1 amide bonds. The minimum Gasteiger partial charge on any atom is -0.459 e. The van der Waals surface area contributed by atoms with E-state index < -0.39 is 5.54 Å². The van der Waals surface area contributed by atoms with Crippen LogP contribution in [-0.2, 0) is 11.3 Å². The van der Waals surface area contributed by atoms with Crippen LogP contribution in [0.1, 0.15) is 39.0 Å². The average Bonchev–Trinajstić information content (AvgIpc) is 3.15. The molecule has 2 atom stereocenters. The molecule has 0 aromatic carbocycles. The van der Waals surface area contributed by atoms with Crippen LogP contribution in [0.25, 0.3) is 11.7 Å². The van der Waals surface area contributed by atoms with Crippen LogP contribution >= 0.6 is 0 Å². The van der Waals surface area contributed by atoms with Crippen LogP contribution in [0.5, 0.6) is 0 Å². The highest BCUT2D eigenvalue weighted by Crippen LogP contribution is 2.39. The molecule has 0 saturated heterocycles. The second-order valence-electron chi connectivity index (χ2n) is 6.97. The van der Waals surface area contributed by atoms with E-state index in [-0.39, 0.29) is 18.4 Å². The van der Waals surface area contributed by atoms with Crippen molar-refractivity contribution in [3.05, 3.63) is 24.3 Å². The fourth-order valence-corrected chi connectivity index (χ4v) is 3.07. The third-order valence-electron chi connectivity index (χ3n) is 4.64. The molecule has 8 nitrogen and oxygen atoms in total. The molecule has 2 heterocycles. The Bertz CT molecular complexity index is 775. The first kappa shape index (κ1) is 18.1. The zero-order valence-electron chi connectivity index (χ0n) is 15.1. The predicted molar refractivity (Wildman–Crippen MR) is 91.6 cm³/mol. The summed E-state index contributed by atoms with van der Waals surface area (Å²) in [6.45, 7) is 5.36. The molecule has 1 unspecified atom stereocenters. The van der Waals surface area contributed by atoms with E-state index in [0.717, 1.165) is 30.7 Å². The number of nitriles is 1. The first-order chi connectivity index (χ1) is 12.5. The number of hydrogen-bond donors (Lipinski definition) is 2. The Morgan fingerprint density at radius 3 is 2.92 bits per heavy atom. The van der Waals surface area contributed by atoms with Crippen LogP contribution in [0.2, 0.25) is 0 Å². The van der Waals surface area contributed by atoms with Crippen molar-refractivity contribution in [1.82, 2.24) is 15.5 Å². The first-order valence-electron chi connectivity index (χ1n) is 8.96. The molecule has 2 aromatic rings. The van der Waals surface area contributed by atoms with E-state index in [1.54, 1.807) is 25.3 Å². The monoisotopic (exact) mass is 358 g/mol. The van der Waals surface area contributed by atoms with Gasteiger partial charge in [0.2, 0.25) is 0 Å². The summed E-state index contributed by atoms with van der Waals surface area (Å²) in [7, 11) is 0. The summed E-state index contributed by atoms with van der Waals surface area (Å²) in [6, 6.07) is 5.76. The normalized spacial score (nSPS) is 17.3. The quantitative estimate of drug-likeness (QED) is 0.690. The van der Waals surface area contributed by atoms with Gasteiger partial charge in [-0.2, -0.15) is 5.26 Å². The number of hydrogen-bond acceptors (Lipinski definition) is 6. The molecule has 0 radical (unpaired) electrons. The molecule has 0 aliphatic heterocycles. The lowest BCUT2D eigenvalue weighted by molar-refractivity contribution is -0.907. The molecule has 1 saturated carbocycles. The van der Waals surface area contributed by atoms with Gasteiger partial charge in [0.1, 0.15) is 5.54 Å². The molecular weight excluding hydrogens is 334 g/mol. The molecule has 1 fully saturated rings. The molecular formula is C18H24N5O3+. The maximum Gasteiger partial charge on any atom is 0.283 e. The highest BCUT2D eigenvalue weighted by atomic mass is 16.4. The summed E-state index contributed by atoms with van der Waals surface area (Å²) in [4.78, 5) is 13.5. The summed E-state index contributed by atoms with van der Waals surface area (Å²) < 4.78 is 10.9. The first-order valence-corrected chi connectivity index (χ1v) is 8.96. The maximum atomic E-state index is 12.5. The van der Waals surface area contributed by atoms with E-state index in [0.29, 0.717) is 24.1 Å². The van der Waals surface area contributed by atoms with Gasteiger partial charge in [-0.1, -0.05) is 6.92 Å². The van der Waals surface area contributed by atoms with Crippen LogP contribution < -0.4 is 10.2 Å². The Labute approximate surface area is 152 Å². The van der Waals surface area contributed by atoms with Crippen LogP contribution in [0, 0.1) is 17.2 Å². The molecule has 0 bridgehead atoms. The van der Waals surface area contributed by atoms with Crippen LogP contribution in [0.15, 0.2) is 27.2 Å². The van der Waals surface area contributed by atoms with Crippen molar-refractivity contribution in [2.75, 3.05) is 13.1 Å². The van der Waals surface area contributed by atoms with Crippen molar-refractivity contribution >= 4 is 5.91 Å². The van der Waals surface area contributed by atoms with Gasteiger partial charge in [0.05, 0.1) is 18.9 Å². The number of nitrogens with zero attached hydrogens (tertiary/aromatic N) is 3. The fourth-order valence-electron chi connectivity index (χ4n) is 3.07. The third kappa shape index (κ3) is 4.29. The van der Waals surface area contributed by atoms with E-state index in [2.05, 4.69) is 28.5 Å². The highest BCUT2D eigenvalue weighted by molar-refractivity contribution is 5.78. The molecule has 1 aliphatic carbocycles. The van der Waals surface area contributed by atoms with Gasteiger partial charge in [0, 0.05) is 0 Å². The zero-order valence-corrected chi connectivity index (χ0v) is 15.1. The second-order valence-corrected chi connectivity index (χ2v) is 6.97. The smallest absolute Gasteiger partial charge is 0.283 e. The standard InChI is InChI=1S/C18H23N5O3/c1-3-8-23(10-15(24)20-18(2,12-19)13-6-7-13)11-16-21-22-17(26-16)14-5-4-9-25-14/h4-5,9,13H,3,6-8,10-11H2,1-2H3,(H,20,24)/p+1/t18-/m0/s1. The number of carbonyl (C=O) groups is 1. The Hall–Kier alpha value is -2.66. The summed E-state index contributed by atoms with van der Waals surface area (Å²) in [5, 5.41) is 20.3. The topological polar surface area (TPSA) is 109 Å². The van der Waals surface area contributed by atoms with Crippen LogP contribution in [-0.4, -0.2) is 34.7 Å². The summed E-state index contributed by atoms with van der Waals surface area (Å²) in [5.74, 6) is 1.44. The van der Waals surface area contributed by atoms with Crippen molar-refractivity contribution in [1.29, 1.82) is 5.26 Å². The van der Waals surface area contributed by atoms with Crippen molar-refractivity contribution in [2.24, 2.45) is 5.92 Å². The molecule has 2 N–H and O–H groups in total. The lowest BCUT2D eigenvalue weighted by Gasteiger charge is -2.24. The van der Waals surface area contributed by atoms with Gasteiger partial charge in [-0.3, -0.25) is 4.79 Å². The number of nitrogens with one attached hydrogen (secondary N) is 2. The number of carbonyl (C=O) groups excluding carboxylic acids is 1. The zero-order chi connectivity index (χ0) is 18.6. The van der Waals surface area contributed by atoms with Gasteiger partial charge >= 0.3 is 0 Å². The van der Waals surface area contributed by atoms with Gasteiger partial charge in [-0.15, -0.1) is 10.2 Å². The molecule has 0 spiro atoms. The Morgan fingerprint density at radius 1 is 1.50 bits per heavy atom. The van der Waals surface area contributed by atoms with Crippen molar-refractivity contribution < 1.29 is 18.5 Å². The number of aromatic nitrogens is 2. The van der Waals surface area contributed by atoms with E-state index in [1.807, 2.05) is 0 Å². The van der Waals surface area contributed by atoms with Gasteiger partial charge in [0.25, 0.3) is 17.7 Å². The number of rotatable bonds is 9. The SMILES string of the molecule is CCC[NH+](CC(=O)N[C@@](C)(C#N)C1CC1)Cc1nnc(-c2ccco2)o1.